The predicted molar refractivity (Wildman–Crippen MR) is 78.1 cm³/mol. The molecule has 0 bridgehead atoms. The Balaban J connectivity index is 0.00000200. The third-order valence-corrected chi connectivity index (χ3v) is 2.91. The average Bonchev–Trinajstić information content (AvgIpc) is 2.38. The van der Waals surface area contributed by atoms with Gasteiger partial charge in [-0.15, -0.1) is 0 Å². The molecule has 0 saturated heterocycles. The molecule has 0 aliphatic heterocycles. The Bertz CT molecular complexity index is 556. The molecule has 0 radical (unpaired) electrons. The molecule has 0 atom stereocenters. The largest absolute Gasteiger partial charge is 1.00 e. The van der Waals surface area contributed by atoms with Crippen LogP contribution in [0.4, 0.5) is 0 Å². The first-order valence-corrected chi connectivity index (χ1v) is 6.45. The molecule has 2 aromatic rings. The Kier molecular flexibility index (Phi) is 5.49. The molecule has 106 valence electrons. The standard InChI is InChI=1S/C17H20NO.ClH/c1-18(2,3)13-14-9-11-16(12-10-14)17(19)15-7-5-4-6-8-15;/h4-12H,13H2,1-3H3;1H/q+1;/p-1. The Morgan fingerprint density at radius 2 is 1.35 bits per heavy atom. The van der Waals surface area contributed by atoms with Gasteiger partial charge in [0, 0.05) is 16.7 Å². The third-order valence-electron chi connectivity index (χ3n) is 2.91. The molecular formula is C17H20ClNO. The van der Waals surface area contributed by atoms with Crippen molar-refractivity contribution in [2.45, 2.75) is 6.54 Å². The first kappa shape index (κ1) is 16.4. The van der Waals surface area contributed by atoms with E-state index in [1.54, 1.807) is 0 Å². The zero-order chi connectivity index (χ0) is 13.9. The van der Waals surface area contributed by atoms with Crippen molar-refractivity contribution in [3.05, 3.63) is 71.3 Å². The van der Waals surface area contributed by atoms with Crippen molar-refractivity contribution < 1.29 is 21.7 Å². The van der Waals surface area contributed by atoms with Gasteiger partial charge in [0.15, 0.2) is 5.78 Å². The van der Waals surface area contributed by atoms with Crippen LogP contribution in [-0.4, -0.2) is 31.4 Å². The van der Waals surface area contributed by atoms with E-state index >= 15 is 0 Å². The summed E-state index contributed by atoms with van der Waals surface area (Å²) in [4.78, 5) is 12.2. The van der Waals surface area contributed by atoms with Crippen LogP contribution in [0.5, 0.6) is 0 Å². The zero-order valence-corrected chi connectivity index (χ0v) is 12.9. The molecule has 0 fully saturated rings. The maximum Gasteiger partial charge on any atom is 0.193 e. The quantitative estimate of drug-likeness (QED) is 0.578. The van der Waals surface area contributed by atoms with Crippen molar-refractivity contribution in [3.8, 4) is 0 Å². The topological polar surface area (TPSA) is 17.1 Å². The molecule has 0 spiro atoms. The predicted octanol–water partition coefficient (Wildman–Crippen LogP) is 0.128. The van der Waals surface area contributed by atoms with Crippen LogP contribution in [0.2, 0.25) is 0 Å². The van der Waals surface area contributed by atoms with E-state index < -0.39 is 0 Å². The molecule has 0 aromatic heterocycles. The Morgan fingerprint density at radius 1 is 0.850 bits per heavy atom. The summed E-state index contributed by atoms with van der Waals surface area (Å²) in [6, 6.07) is 17.3. The van der Waals surface area contributed by atoms with Gasteiger partial charge in [-0.3, -0.25) is 4.79 Å². The van der Waals surface area contributed by atoms with E-state index in [4.69, 9.17) is 0 Å². The Labute approximate surface area is 127 Å². The maximum atomic E-state index is 12.2. The van der Waals surface area contributed by atoms with E-state index in [0.29, 0.717) is 0 Å². The summed E-state index contributed by atoms with van der Waals surface area (Å²) < 4.78 is 0.881. The van der Waals surface area contributed by atoms with Gasteiger partial charge in [0.2, 0.25) is 0 Å². The Morgan fingerprint density at radius 3 is 1.85 bits per heavy atom. The smallest absolute Gasteiger partial charge is 0.193 e. The zero-order valence-electron chi connectivity index (χ0n) is 12.1. The van der Waals surface area contributed by atoms with E-state index in [-0.39, 0.29) is 18.2 Å². The fourth-order valence-electron chi connectivity index (χ4n) is 2.07. The second-order valence-electron chi connectivity index (χ2n) is 5.84. The summed E-state index contributed by atoms with van der Waals surface area (Å²) >= 11 is 0. The summed E-state index contributed by atoms with van der Waals surface area (Å²) in [6.45, 7) is 0.958. The van der Waals surface area contributed by atoms with E-state index in [0.717, 1.165) is 22.2 Å². The van der Waals surface area contributed by atoms with Crippen molar-refractivity contribution in [2.24, 2.45) is 0 Å². The van der Waals surface area contributed by atoms with Crippen molar-refractivity contribution in [1.82, 2.24) is 0 Å². The van der Waals surface area contributed by atoms with Crippen LogP contribution < -0.4 is 12.4 Å². The summed E-state index contributed by atoms with van der Waals surface area (Å²) in [5.74, 6) is 0.0809. The normalized spacial score (nSPS) is 10.8. The van der Waals surface area contributed by atoms with E-state index in [9.17, 15) is 4.79 Å². The average molecular weight is 290 g/mol. The molecule has 0 aliphatic rings. The number of hydrogen-bond acceptors (Lipinski definition) is 1. The summed E-state index contributed by atoms with van der Waals surface area (Å²) in [7, 11) is 6.47. The van der Waals surface area contributed by atoms with Gasteiger partial charge in [0.1, 0.15) is 6.54 Å². The minimum Gasteiger partial charge on any atom is -1.00 e. The molecule has 2 rings (SSSR count). The number of benzene rings is 2. The summed E-state index contributed by atoms with van der Waals surface area (Å²) in [5, 5.41) is 0. The number of ketones is 1. The van der Waals surface area contributed by atoms with E-state index in [2.05, 4.69) is 21.1 Å². The number of carbonyl (C=O) groups excluding carboxylic acids is 1. The number of rotatable bonds is 4. The van der Waals surface area contributed by atoms with E-state index in [1.165, 1.54) is 5.56 Å². The fourth-order valence-corrected chi connectivity index (χ4v) is 2.07. The number of nitrogens with zero attached hydrogens (tertiary/aromatic N) is 1. The second-order valence-corrected chi connectivity index (χ2v) is 5.84. The summed E-state index contributed by atoms with van der Waals surface area (Å²) in [6.07, 6.45) is 0. The minimum atomic E-state index is 0. The van der Waals surface area contributed by atoms with Crippen LogP contribution in [0, 0.1) is 0 Å². The van der Waals surface area contributed by atoms with Crippen LogP contribution in [0.3, 0.4) is 0 Å². The highest BCUT2D eigenvalue weighted by molar-refractivity contribution is 6.08. The Hall–Kier alpha value is -1.64. The van der Waals surface area contributed by atoms with Crippen LogP contribution in [0.15, 0.2) is 54.6 Å². The van der Waals surface area contributed by atoms with Crippen LogP contribution in [0.25, 0.3) is 0 Å². The van der Waals surface area contributed by atoms with Crippen molar-refractivity contribution in [2.75, 3.05) is 21.1 Å². The lowest BCUT2D eigenvalue weighted by Crippen LogP contribution is -3.00. The molecule has 0 unspecified atom stereocenters. The van der Waals surface area contributed by atoms with Gasteiger partial charge >= 0.3 is 0 Å². The molecule has 0 saturated carbocycles. The van der Waals surface area contributed by atoms with Gasteiger partial charge in [-0.05, 0) is 0 Å². The SMILES string of the molecule is C[N+](C)(C)Cc1ccc(C(=O)c2ccccc2)cc1.[Cl-]. The number of hydrogen-bond donors (Lipinski definition) is 0. The molecule has 2 nitrogen and oxygen atoms in total. The highest BCUT2D eigenvalue weighted by atomic mass is 35.5. The molecule has 0 aliphatic carbocycles. The van der Waals surface area contributed by atoms with Crippen molar-refractivity contribution >= 4 is 5.78 Å². The molecular weight excluding hydrogens is 270 g/mol. The van der Waals surface area contributed by atoms with Crippen LogP contribution in [-0.2, 0) is 6.54 Å². The summed E-state index contributed by atoms with van der Waals surface area (Å²) in [5.41, 5.74) is 2.73. The second kappa shape index (κ2) is 6.69. The molecule has 0 heterocycles. The lowest BCUT2D eigenvalue weighted by molar-refractivity contribution is -0.884. The molecule has 3 heteroatoms. The number of quaternary nitrogens is 1. The molecule has 0 amide bonds. The van der Waals surface area contributed by atoms with Crippen LogP contribution >= 0.6 is 0 Å². The molecule has 0 N–H and O–H groups in total. The maximum absolute atomic E-state index is 12.2. The molecule has 20 heavy (non-hydrogen) atoms. The van der Waals surface area contributed by atoms with Crippen LogP contribution in [0.1, 0.15) is 21.5 Å². The number of halogens is 1. The monoisotopic (exact) mass is 289 g/mol. The first-order chi connectivity index (χ1) is 8.96. The lowest BCUT2D eigenvalue weighted by atomic mass is 10.0. The lowest BCUT2D eigenvalue weighted by Gasteiger charge is -2.23. The highest BCUT2D eigenvalue weighted by Crippen LogP contribution is 2.13. The highest BCUT2D eigenvalue weighted by Gasteiger charge is 2.11. The van der Waals surface area contributed by atoms with Gasteiger partial charge in [-0.2, -0.15) is 0 Å². The third kappa shape index (κ3) is 4.48. The molecule has 2 aromatic carbocycles. The minimum absolute atomic E-state index is 0. The fraction of sp³-hybridized carbons (Fsp3) is 0.235. The first-order valence-electron chi connectivity index (χ1n) is 6.45. The number of carbonyl (C=O) groups is 1. The van der Waals surface area contributed by atoms with Gasteiger partial charge in [-0.1, -0.05) is 54.6 Å². The van der Waals surface area contributed by atoms with Gasteiger partial charge in [0.25, 0.3) is 0 Å². The van der Waals surface area contributed by atoms with Gasteiger partial charge < -0.3 is 16.9 Å². The van der Waals surface area contributed by atoms with Gasteiger partial charge in [-0.25, -0.2) is 0 Å². The van der Waals surface area contributed by atoms with E-state index in [1.807, 2.05) is 54.6 Å². The van der Waals surface area contributed by atoms with Crippen molar-refractivity contribution in [1.29, 1.82) is 0 Å². The van der Waals surface area contributed by atoms with Crippen molar-refractivity contribution in [3.63, 3.8) is 0 Å². The van der Waals surface area contributed by atoms with Gasteiger partial charge in [0.05, 0.1) is 21.1 Å².